The molecule has 1 aromatic carbocycles. The molecule has 2 aromatic rings. The van der Waals surface area contributed by atoms with E-state index in [0.717, 1.165) is 13.2 Å². The molecule has 0 aliphatic carbocycles. The Hall–Kier alpha value is -3.10. The molecule has 0 aliphatic heterocycles. The van der Waals surface area contributed by atoms with Crippen LogP contribution in [0.4, 0.5) is 13.2 Å². The summed E-state index contributed by atoms with van der Waals surface area (Å²) < 4.78 is 44.5. The summed E-state index contributed by atoms with van der Waals surface area (Å²) in [6.07, 6.45) is -4.81. The molecule has 0 atom stereocenters. The number of amides is 1. The first-order valence-electron chi connectivity index (χ1n) is 6.93. The molecule has 0 saturated heterocycles. The van der Waals surface area contributed by atoms with Crippen LogP contribution in [0.2, 0.25) is 0 Å². The molecule has 2 N–H and O–H groups in total. The van der Waals surface area contributed by atoms with Crippen molar-refractivity contribution >= 4 is 11.9 Å². The first kappa shape index (κ1) is 18.2. The third-order valence-corrected chi connectivity index (χ3v) is 3.42. The van der Waals surface area contributed by atoms with Gasteiger partial charge in [-0.15, -0.1) is 0 Å². The first-order chi connectivity index (χ1) is 11.6. The highest BCUT2D eigenvalue weighted by atomic mass is 19.4. The highest BCUT2D eigenvalue weighted by Gasteiger charge is 2.35. The smallest absolute Gasteiger partial charge is 0.431 e. The quantitative estimate of drug-likeness (QED) is 0.848. The maximum Gasteiger partial charge on any atom is 0.431 e. The number of nitrogens with zero attached hydrogens (tertiary/aromatic N) is 1. The number of primary amides is 1. The topological polar surface area (TPSA) is 91.4 Å². The van der Waals surface area contributed by atoms with E-state index in [9.17, 15) is 27.6 Å². The number of methoxy groups -OCH3 is 1. The van der Waals surface area contributed by atoms with Gasteiger partial charge in [0.05, 0.1) is 19.2 Å². The number of hydrogen-bond acceptors (Lipinski definition) is 4. The number of aromatic nitrogens is 1. The van der Waals surface area contributed by atoms with Crippen LogP contribution < -0.4 is 11.3 Å². The summed E-state index contributed by atoms with van der Waals surface area (Å²) in [5, 5.41) is 0. The van der Waals surface area contributed by atoms with E-state index in [1.165, 1.54) is 24.3 Å². The molecule has 0 fully saturated rings. The number of hydrogen-bond donors (Lipinski definition) is 1. The maximum absolute atomic E-state index is 13.2. The van der Waals surface area contributed by atoms with Crippen LogP contribution in [0.3, 0.4) is 0 Å². The van der Waals surface area contributed by atoms with Gasteiger partial charge < -0.3 is 10.5 Å². The van der Waals surface area contributed by atoms with Crippen molar-refractivity contribution in [1.29, 1.82) is 0 Å². The molecule has 2 rings (SSSR count). The van der Waals surface area contributed by atoms with Gasteiger partial charge >= 0.3 is 12.1 Å². The molecule has 132 valence electrons. The van der Waals surface area contributed by atoms with Gasteiger partial charge in [-0.25, -0.2) is 4.79 Å². The van der Waals surface area contributed by atoms with Crippen molar-refractivity contribution < 1.29 is 27.5 Å². The number of carbonyl (C=O) groups excluding carboxylic acids is 2. The highest BCUT2D eigenvalue weighted by molar-refractivity contribution is 5.92. The predicted molar refractivity (Wildman–Crippen MR) is 81.1 cm³/mol. The number of halogens is 3. The Morgan fingerprint density at radius 2 is 1.88 bits per heavy atom. The summed E-state index contributed by atoms with van der Waals surface area (Å²) in [6.45, 7) is -0.500. The van der Waals surface area contributed by atoms with Crippen LogP contribution in [-0.4, -0.2) is 23.6 Å². The second-order valence-electron chi connectivity index (χ2n) is 5.08. The van der Waals surface area contributed by atoms with E-state index in [1.807, 2.05) is 0 Å². The predicted octanol–water partition coefficient (Wildman–Crippen LogP) is 1.80. The highest BCUT2D eigenvalue weighted by Crippen LogP contribution is 2.29. The summed E-state index contributed by atoms with van der Waals surface area (Å²) in [5.41, 5.74) is 2.44. The van der Waals surface area contributed by atoms with Gasteiger partial charge in [-0.2, -0.15) is 13.2 Å². The Morgan fingerprint density at radius 3 is 2.44 bits per heavy atom. The molecule has 1 heterocycles. The van der Waals surface area contributed by atoms with Gasteiger partial charge in [0, 0.05) is 0 Å². The first-order valence-corrected chi connectivity index (χ1v) is 6.93. The van der Waals surface area contributed by atoms with Crippen molar-refractivity contribution in [3.05, 3.63) is 69.1 Å². The van der Waals surface area contributed by atoms with Crippen molar-refractivity contribution in [3.8, 4) is 0 Å². The minimum absolute atomic E-state index is 0.118. The number of rotatable bonds is 4. The van der Waals surface area contributed by atoms with Gasteiger partial charge in [0.2, 0.25) is 0 Å². The third-order valence-electron chi connectivity index (χ3n) is 3.42. The fraction of sp³-hybridized carbons (Fsp3) is 0.188. The van der Waals surface area contributed by atoms with Crippen LogP contribution >= 0.6 is 0 Å². The van der Waals surface area contributed by atoms with E-state index in [-0.39, 0.29) is 11.1 Å². The van der Waals surface area contributed by atoms with Gasteiger partial charge in [0.1, 0.15) is 11.3 Å². The lowest BCUT2D eigenvalue weighted by Gasteiger charge is -2.16. The number of carbonyl (C=O) groups is 2. The number of benzene rings is 1. The summed E-state index contributed by atoms with van der Waals surface area (Å²) in [6, 6.07) is 6.96. The van der Waals surface area contributed by atoms with E-state index in [0.29, 0.717) is 10.6 Å². The van der Waals surface area contributed by atoms with E-state index in [4.69, 9.17) is 5.73 Å². The Labute approximate surface area is 139 Å². The zero-order valence-electron chi connectivity index (χ0n) is 13.0. The van der Waals surface area contributed by atoms with Crippen LogP contribution in [0.15, 0.2) is 41.2 Å². The molecular formula is C16H13F3N2O4. The second-order valence-corrected chi connectivity index (χ2v) is 5.08. The fourth-order valence-corrected chi connectivity index (χ4v) is 2.27. The molecular weight excluding hydrogens is 341 g/mol. The Kier molecular flexibility index (Phi) is 4.96. The van der Waals surface area contributed by atoms with Crippen molar-refractivity contribution in [1.82, 2.24) is 4.57 Å². The molecule has 9 heteroatoms. The maximum atomic E-state index is 13.2. The SMILES string of the molecule is COC(=O)c1cccc(Cn2c(C(F)(F)F)ccc(C(N)=O)c2=O)c1. The van der Waals surface area contributed by atoms with Gasteiger partial charge in [0.15, 0.2) is 0 Å². The average molecular weight is 354 g/mol. The van der Waals surface area contributed by atoms with Crippen LogP contribution in [-0.2, 0) is 17.5 Å². The normalized spacial score (nSPS) is 11.2. The molecule has 0 radical (unpaired) electrons. The van der Waals surface area contributed by atoms with Crippen LogP contribution in [0.5, 0.6) is 0 Å². The molecule has 0 unspecified atom stereocenters. The van der Waals surface area contributed by atoms with Gasteiger partial charge in [0.25, 0.3) is 11.5 Å². The Morgan fingerprint density at radius 1 is 1.20 bits per heavy atom. The molecule has 6 nitrogen and oxygen atoms in total. The molecule has 0 spiro atoms. The lowest BCUT2D eigenvalue weighted by molar-refractivity contribution is -0.144. The molecule has 1 aromatic heterocycles. The minimum atomic E-state index is -4.81. The van der Waals surface area contributed by atoms with Crippen molar-refractivity contribution in [3.63, 3.8) is 0 Å². The summed E-state index contributed by atoms with van der Waals surface area (Å²) in [5.74, 6) is -1.80. The van der Waals surface area contributed by atoms with Crippen molar-refractivity contribution in [2.45, 2.75) is 12.7 Å². The van der Waals surface area contributed by atoms with Crippen molar-refractivity contribution in [2.75, 3.05) is 7.11 Å². The van der Waals surface area contributed by atoms with E-state index in [2.05, 4.69) is 4.74 Å². The molecule has 0 saturated carbocycles. The van der Waals surface area contributed by atoms with Crippen molar-refractivity contribution in [2.24, 2.45) is 5.73 Å². The largest absolute Gasteiger partial charge is 0.465 e. The molecule has 25 heavy (non-hydrogen) atoms. The van der Waals surface area contributed by atoms with Gasteiger partial charge in [-0.1, -0.05) is 12.1 Å². The number of alkyl halides is 3. The number of nitrogens with two attached hydrogens (primary N) is 1. The second kappa shape index (κ2) is 6.80. The monoisotopic (exact) mass is 354 g/mol. The van der Waals surface area contributed by atoms with E-state index >= 15 is 0 Å². The minimum Gasteiger partial charge on any atom is -0.465 e. The lowest BCUT2D eigenvalue weighted by atomic mass is 10.1. The standard InChI is InChI=1S/C16H13F3N2O4/c1-25-15(24)10-4-2-3-9(7-10)8-21-12(16(17,18)19)6-5-11(13(20)22)14(21)23/h2-7H,8H2,1H3,(H2,20,22). The summed E-state index contributed by atoms with van der Waals surface area (Å²) in [4.78, 5) is 35.0. The van der Waals surface area contributed by atoms with Crippen LogP contribution in [0.1, 0.15) is 32.0 Å². The fourth-order valence-electron chi connectivity index (χ4n) is 2.27. The van der Waals surface area contributed by atoms with Crippen LogP contribution in [0.25, 0.3) is 0 Å². The lowest BCUT2D eigenvalue weighted by Crippen LogP contribution is -2.34. The molecule has 0 bridgehead atoms. The van der Waals surface area contributed by atoms with E-state index in [1.54, 1.807) is 0 Å². The third kappa shape index (κ3) is 3.87. The van der Waals surface area contributed by atoms with Crippen LogP contribution in [0, 0.1) is 0 Å². The summed E-state index contributed by atoms with van der Waals surface area (Å²) in [7, 11) is 1.16. The molecule has 0 aliphatic rings. The van der Waals surface area contributed by atoms with E-state index < -0.39 is 41.4 Å². The number of ether oxygens (including phenoxy) is 1. The zero-order chi connectivity index (χ0) is 18.8. The summed E-state index contributed by atoms with van der Waals surface area (Å²) >= 11 is 0. The molecule has 1 amide bonds. The number of esters is 1. The Bertz CT molecular complexity index is 888. The zero-order valence-corrected chi connectivity index (χ0v) is 13.0. The average Bonchev–Trinajstić information content (AvgIpc) is 2.54. The van der Waals surface area contributed by atoms with Gasteiger partial charge in [-0.05, 0) is 29.8 Å². The Balaban J connectivity index is 2.58. The van der Waals surface area contributed by atoms with Gasteiger partial charge in [-0.3, -0.25) is 14.2 Å². The number of pyridine rings is 1.